The van der Waals surface area contributed by atoms with E-state index in [0.29, 0.717) is 30.2 Å². The van der Waals surface area contributed by atoms with Crippen molar-refractivity contribution >= 4 is 11.9 Å². The largest absolute Gasteiger partial charge is 0.454 e. The molecule has 0 atom stereocenters. The van der Waals surface area contributed by atoms with Crippen molar-refractivity contribution in [2.45, 2.75) is 26.9 Å². The molecule has 160 valence electrons. The van der Waals surface area contributed by atoms with Crippen LogP contribution in [0.2, 0.25) is 0 Å². The van der Waals surface area contributed by atoms with E-state index in [0.717, 1.165) is 22.5 Å². The van der Waals surface area contributed by atoms with Gasteiger partial charge in [0.15, 0.2) is 18.1 Å². The number of nitrogens with zero attached hydrogens (tertiary/aromatic N) is 1. The summed E-state index contributed by atoms with van der Waals surface area (Å²) in [5, 5.41) is 2.74. The molecule has 1 aliphatic rings. The van der Waals surface area contributed by atoms with Crippen molar-refractivity contribution in [2.75, 3.05) is 13.4 Å². The molecule has 2 aromatic carbocycles. The van der Waals surface area contributed by atoms with E-state index in [4.69, 9.17) is 14.2 Å². The molecule has 3 aromatic rings. The van der Waals surface area contributed by atoms with Gasteiger partial charge in [-0.25, -0.2) is 4.79 Å². The van der Waals surface area contributed by atoms with Crippen molar-refractivity contribution in [1.82, 2.24) is 9.88 Å². The van der Waals surface area contributed by atoms with Crippen molar-refractivity contribution < 1.29 is 23.8 Å². The molecule has 2 heterocycles. The zero-order valence-electron chi connectivity index (χ0n) is 17.5. The second-order valence-electron chi connectivity index (χ2n) is 7.40. The molecule has 1 amide bonds. The minimum atomic E-state index is -0.509. The van der Waals surface area contributed by atoms with Crippen LogP contribution >= 0.6 is 0 Å². The van der Waals surface area contributed by atoms with E-state index in [1.165, 1.54) is 0 Å². The van der Waals surface area contributed by atoms with Gasteiger partial charge in [-0.15, -0.1) is 0 Å². The summed E-state index contributed by atoms with van der Waals surface area (Å²) in [6, 6.07) is 17.3. The van der Waals surface area contributed by atoms with E-state index in [1.54, 1.807) is 12.1 Å². The van der Waals surface area contributed by atoms with Gasteiger partial charge in [0.2, 0.25) is 6.79 Å². The smallest absolute Gasteiger partial charge is 0.340 e. The number of hydrogen-bond donors (Lipinski definition) is 1. The van der Waals surface area contributed by atoms with E-state index in [9.17, 15) is 9.59 Å². The molecule has 0 unspecified atom stereocenters. The molecule has 1 N–H and O–H groups in total. The van der Waals surface area contributed by atoms with Crippen molar-refractivity contribution in [3.05, 3.63) is 82.7 Å². The Morgan fingerprint density at radius 1 is 1.00 bits per heavy atom. The van der Waals surface area contributed by atoms with E-state index in [-0.39, 0.29) is 19.3 Å². The highest BCUT2D eigenvalue weighted by Crippen LogP contribution is 2.32. The Hall–Kier alpha value is -3.74. The summed E-state index contributed by atoms with van der Waals surface area (Å²) in [6.07, 6.45) is 0. The number of hydrogen-bond acceptors (Lipinski definition) is 5. The van der Waals surface area contributed by atoms with Crippen LogP contribution in [0.4, 0.5) is 0 Å². The highest BCUT2D eigenvalue weighted by Gasteiger charge is 2.18. The van der Waals surface area contributed by atoms with Crippen molar-refractivity contribution in [3.63, 3.8) is 0 Å². The number of benzene rings is 2. The van der Waals surface area contributed by atoms with Crippen LogP contribution in [0.3, 0.4) is 0 Å². The van der Waals surface area contributed by atoms with Crippen molar-refractivity contribution in [2.24, 2.45) is 0 Å². The van der Waals surface area contributed by atoms with E-state index >= 15 is 0 Å². The Morgan fingerprint density at radius 2 is 1.77 bits per heavy atom. The maximum Gasteiger partial charge on any atom is 0.340 e. The molecule has 0 spiro atoms. The first kappa shape index (κ1) is 20.5. The fourth-order valence-corrected chi connectivity index (χ4v) is 3.53. The number of amides is 1. The summed E-state index contributed by atoms with van der Waals surface area (Å²) in [4.78, 5) is 24.7. The summed E-state index contributed by atoms with van der Waals surface area (Å²) < 4.78 is 17.9. The van der Waals surface area contributed by atoms with Crippen LogP contribution in [-0.2, 0) is 22.6 Å². The third-order valence-electron chi connectivity index (χ3n) is 5.24. The third-order valence-corrected chi connectivity index (χ3v) is 5.24. The van der Waals surface area contributed by atoms with Crippen LogP contribution in [-0.4, -0.2) is 29.8 Å². The molecule has 4 rings (SSSR count). The fraction of sp³-hybridized carbons (Fsp3) is 0.250. The highest BCUT2D eigenvalue weighted by molar-refractivity contribution is 5.92. The summed E-state index contributed by atoms with van der Waals surface area (Å²) in [5.41, 5.74) is 4.25. The zero-order chi connectivity index (χ0) is 21.8. The monoisotopic (exact) mass is 420 g/mol. The van der Waals surface area contributed by atoms with E-state index < -0.39 is 5.97 Å². The summed E-state index contributed by atoms with van der Waals surface area (Å²) in [6.45, 7) is 4.66. The van der Waals surface area contributed by atoms with Gasteiger partial charge in [-0.05, 0) is 43.2 Å². The number of fused-ring (bicyclic) bond motifs is 1. The molecule has 0 bridgehead atoms. The number of ether oxygens (including phenoxy) is 3. The number of aromatic nitrogens is 1. The summed E-state index contributed by atoms with van der Waals surface area (Å²) in [5.74, 6) is 0.465. The maximum absolute atomic E-state index is 12.5. The molecule has 1 aliphatic heterocycles. The van der Waals surface area contributed by atoms with Crippen LogP contribution in [0, 0.1) is 13.8 Å². The molecule has 0 fully saturated rings. The van der Waals surface area contributed by atoms with Gasteiger partial charge >= 0.3 is 5.97 Å². The lowest BCUT2D eigenvalue weighted by molar-refractivity contribution is -0.124. The van der Waals surface area contributed by atoms with Gasteiger partial charge in [0.25, 0.3) is 5.91 Å². The second kappa shape index (κ2) is 8.95. The predicted molar refractivity (Wildman–Crippen MR) is 114 cm³/mol. The lowest BCUT2D eigenvalue weighted by Crippen LogP contribution is -2.28. The molecule has 7 nitrogen and oxygen atoms in total. The van der Waals surface area contributed by atoms with Crippen LogP contribution in [0.25, 0.3) is 0 Å². The zero-order valence-corrected chi connectivity index (χ0v) is 17.5. The molecule has 0 radical (unpaired) electrons. The fourth-order valence-electron chi connectivity index (χ4n) is 3.53. The molecule has 31 heavy (non-hydrogen) atoms. The van der Waals surface area contributed by atoms with Crippen LogP contribution in [0.15, 0.2) is 54.6 Å². The number of esters is 1. The molecule has 1 aromatic heterocycles. The van der Waals surface area contributed by atoms with Crippen molar-refractivity contribution in [1.29, 1.82) is 0 Å². The minimum Gasteiger partial charge on any atom is -0.454 e. The molecule has 7 heteroatoms. The quantitative estimate of drug-likeness (QED) is 0.593. The first-order valence-electron chi connectivity index (χ1n) is 10.0. The Labute approximate surface area is 180 Å². The van der Waals surface area contributed by atoms with Crippen LogP contribution < -0.4 is 14.8 Å². The molecule has 0 aliphatic carbocycles. The first-order valence-corrected chi connectivity index (χ1v) is 10.0. The molecular formula is C24H24N2O5. The van der Waals surface area contributed by atoms with E-state index in [1.807, 2.05) is 56.3 Å². The van der Waals surface area contributed by atoms with Crippen LogP contribution in [0.1, 0.15) is 32.9 Å². The van der Waals surface area contributed by atoms with Gasteiger partial charge in [-0.1, -0.05) is 36.4 Å². The third kappa shape index (κ3) is 4.71. The normalized spacial score (nSPS) is 11.9. The van der Waals surface area contributed by atoms with Gasteiger partial charge in [0.1, 0.15) is 0 Å². The standard InChI is InChI=1S/C24H24N2O5/c1-16-10-20(17(2)26(16)13-18-6-4-3-5-7-18)24(28)29-14-23(27)25-12-19-8-9-21-22(11-19)31-15-30-21/h3-11H,12-15H2,1-2H3,(H,25,27). The van der Waals surface area contributed by atoms with Crippen LogP contribution in [0.5, 0.6) is 11.5 Å². The lowest BCUT2D eigenvalue weighted by Gasteiger charge is -2.10. The SMILES string of the molecule is Cc1cc(C(=O)OCC(=O)NCc2ccc3c(c2)OCO3)c(C)n1Cc1ccccc1. The minimum absolute atomic E-state index is 0.201. The summed E-state index contributed by atoms with van der Waals surface area (Å²) >= 11 is 0. The van der Waals surface area contributed by atoms with Gasteiger partial charge in [-0.2, -0.15) is 0 Å². The second-order valence-corrected chi connectivity index (χ2v) is 7.40. The summed E-state index contributed by atoms with van der Waals surface area (Å²) in [7, 11) is 0. The Kier molecular flexibility index (Phi) is 5.93. The lowest BCUT2D eigenvalue weighted by atomic mass is 10.2. The van der Waals surface area contributed by atoms with Gasteiger partial charge in [0, 0.05) is 24.5 Å². The topological polar surface area (TPSA) is 78.8 Å². The van der Waals surface area contributed by atoms with E-state index in [2.05, 4.69) is 9.88 Å². The Morgan fingerprint density at radius 3 is 2.58 bits per heavy atom. The number of carbonyl (C=O) groups excluding carboxylic acids is 2. The Balaban J connectivity index is 1.31. The predicted octanol–water partition coefficient (Wildman–Crippen LogP) is 3.36. The average molecular weight is 420 g/mol. The first-order chi connectivity index (χ1) is 15.0. The number of nitrogens with one attached hydrogen (secondary N) is 1. The van der Waals surface area contributed by atoms with Gasteiger partial charge in [0.05, 0.1) is 5.56 Å². The maximum atomic E-state index is 12.5. The Bertz CT molecular complexity index is 1100. The van der Waals surface area contributed by atoms with Gasteiger partial charge < -0.3 is 24.1 Å². The number of rotatable bonds is 7. The molecule has 0 saturated carbocycles. The number of aryl methyl sites for hydroxylation is 1. The van der Waals surface area contributed by atoms with Gasteiger partial charge in [-0.3, -0.25) is 4.79 Å². The molecular weight excluding hydrogens is 396 g/mol. The molecule has 0 saturated heterocycles. The highest BCUT2D eigenvalue weighted by atomic mass is 16.7. The van der Waals surface area contributed by atoms with Crippen molar-refractivity contribution in [3.8, 4) is 11.5 Å². The number of carbonyl (C=O) groups is 2. The average Bonchev–Trinajstić information content (AvgIpc) is 3.36.